The largest absolute Gasteiger partial charge is 0.481 e. The highest BCUT2D eigenvalue weighted by Crippen LogP contribution is 2.26. The summed E-state index contributed by atoms with van der Waals surface area (Å²) < 4.78 is 2.56. The van der Waals surface area contributed by atoms with Crippen LogP contribution in [0.5, 0.6) is 0 Å². The predicted octanol–water partition coefficient (Wildman–Crippen LogP) is 5.41. The van der Waals surface area contributed by atoms with Gasteiger partial charge in [0, 0.05) is 26.2 Å². The van der Waals surface area contributed by atoms with Gasteiger partial charge in [-0.25, -0.2) is 9.36 Å². The van der Waals surface area contributed by atoms with Gasteiger partial charge >= 0.3 is 11.7 Å². The van der Waals surface area contributed by atoms with Gasteiger partial charge in [0.15, 0.2) is 0 Å². The molecule has 0 aliphatic heterocycles. The number of nitrogens with zero attached hydrogens (tertiary/aromatic N) is 2. The van der Waals surface area contributed by atoms with E-state index in [0.717, 1.165) is 16.6 Å². The number of halogens is 2. The summed E-state index contributed by atoms with van der Waals surface area (Å²) >= 11 is 12.6. The van der Waals surface area contributed by atoms with Gasteiger partial charge in [0.05, 0.1) is 38.5 Å². The minimum Gasteiger partial charge on any atom is -0.481 e. The highest BCUT2D eigenvalue weighted by molar-refractivity contribution is 6.36. The lowest BCUT2D eigenvalue weighted by Crippen LogP contribution is -2.38. The number of alkyl halides is 1. The van der Waals surface area contributed by atoms with Crippen LogP contribution in [-0.4, -0.2) is 44.1 Å². The van der Waals surface area contributed by atoms with E-state index in [1.807, 2.05) is 32.1 Å². The molecule has 1 amide bonds. The second kappa shape index (κ2) is 16.6. The molecule has 0 spiro atoms. The smallest absolute Gasteiger partial charge is 0.335 e. The maximum atomic E-state index is 13.5. The lowest BCUT2D eigenvalue weighted by atomic mass is 9.98. The highest BCUT2D eigenvalue weighted by atomic mass is 35.5. The molecule has 3 unspecified atom stereocenters. The summed E-state index contributed by atoms with van der Waals surface area (Å²) in [5.41, 5.74) is 1.83. The van der Waals surface area contributed by atoms with E-state index in [9.17, 15) is 24.3 Å². The molecular weight excluding hydrogens is 615 g/mol. The number of amides is 1. The van der Waals surface area contributed by atoms with E-state index in [2.05, 4.69) is 24.5 Å². The second-order valence-corrected chi connectivity index (χ2v) is 11.8. The average molecular weight is 658 g/mol. The summed E-state index contributed by atoms with van der Waals surface area (Å²) in [5, 5.41) is 16.0. The van der Waals surface area contributed by atoms with Crippen LogP contribution in [0.3, 0.4) is 0 Å². The lowest BCUT2D eigenvalue weighted by Gasteiger charge is -2.17. The molecule has 0 radical (unpaired) electrons. The summed E-state index contributed by atoms with van der Waals surface area (Å²) in [7, 11) is 1.62. The molecule has 3 atom stereocenters. The highest BCUT2D eigenvalue weighted by Gasteiger charge is 2.25. The van der Waals surface area contributed by atoms with Crippen LogP contribution in [0, 0.1) is 5.92 Å². The number of nitrogens with one attached hydrogen (secondary N) is 2. The zero-order chi connectivity index (χ0) is 33.3. The predicted molar refractivity (Wildman–Crippen MR) is 181 cm³/mol. The zero-order valence-electron chi connectivity index (χ0n) is 26.4. The summed E-state index contributed by atoms with van der Waals surface area (Å²) in [5.74, 6) is -2.50. The van der Waals surface area contributed by atoms with Crippen LogP contribution in [-0.2, 0) is 29.6 Å². The number of allylic oxidation sites excluding steroid dienone is 3. The first kappa shape index (κ1) is 35.8. The molecule has 45 heavy (non-hydrogen) atoms. The van der Waals surface area contributed by atoms with E-state index in [-0.39, 0.29) is 23.6 Å². The quantitative estimate of drug-likeness (QED) is 0.237. The van der Waals surface area contributed by atoms with Gasteiger partial charge in [-0.05, 0) is 74.1 Å². The summed E-state index contributed by atoms with van der Waals surface area (Å²) in [4.78, 5) is 51.6. The van der Waals surface area contributed by atoms with Crippen LogP contribution in [0.2, 0.25) is 0 Å². The van der Waals surface area contributed by atoms with Crippen molar-refractivity contribution in [3.63, 3.8) is 0 Å². The molecule has 9 nitrogen and oxygen atoms in total. The molecule has 0 saturated carbocycles. The van der Waals surface area contributed by atoms with E-state index in [1.54, 1.807) is 43.5 Å². The van der Waals surface area contributed by atoms with Gasteiger partial charge in [0.25, 0.3) is 5.56 Å². The number of aromatic nitrogens is 2. The van der Waals surface area contributed by atoms with Gasteiger partial charge in [-0.1, -0.05) is 56.6 Å². The standard InChI is InChI=1S/C32H36Cl2N4O5.C2H6/c1-4-19(2)35-17-21-11-14-27-24(16-21)30(40)38(32(43)37(27)3)23-12-9-20(10-13-23)15-22(31(41)42)18-36-29(39)28-25(33)7-5-6-8-26(28)34;1-2/h5,7,9-14,16,19,22,26,35H,4,6,8,15,17-18H2,1-3H3,(H,36,39)(H,41,42);1-2H3. The number of benzene rings is 2. The Morgan fingerprint density at radius 2 is 1.76 bits per heavy atom. The Labute approximate surface area is 273 Å². The van der Waals surface area contributed by atoms with Crippen molar-refractivity contribution in [2.45, 2.75) is 71.3 Å². The van der Waals surface area contributed by atoms with Crippen LogP contribution in [0.25, 0.3) is 16.6 Å². The monoisotopic (exact) mass is 656 g/mol. The molecule has 1 aromatic heterocycles. The Balaban J connectivity index is 0.00000271. The fourth-order valence-electron chi connectivity index (χ4n) is 4.97. The molecule has 4 rings (SSSR count). The number of aliphatic carboxylic acids is 1. The number of rotatable bonds is 11. The van der Waals surface area contributed by atoms with Crippen molar-refractivity contribution in [1.82, 2.24) is 19.8 Å². The molecule has 1 aliphatic carbocycles. The van der Waals surface area contributed by atoms with Gasteiger partial charge in [0.2, 0.25) is 5.91 Å². The molecule has 0 bridgehead atoms. The van der Waals surface area contributed by atoms with E-state index in [0.29, 0.717) is 47.6 Å². The second-order valence-electron chi connectivity index (χ2n) is 10.8. The molecule has 11 heteroatoms. The minimum atomic E-state index is -1.08. The minimum absolute atomic E-state index is 0.115. The van der Waals surface area contributed by atoms with Gasteiger partial charge in [-0.3, -0.25) is 19.0 Å². The molecule has 3 N–H and O–H groups in total. The number of carbonyl (C=O) groups excluding carboxylic acids is 1. The molecule has 0 saturated heterocycles. The van der Waals surface area contributed by atoms with Gasteiger partial charge < -0.3 is 15.7 Å². The number of aryl methyl sites for hydroxylation is 1. The molecule has 242 valence electrons. The van der Waals surface area contributed by atoms with E-state index in [1.165, 1.54) is 4.57 Å². The maximum Gasteiger partial charge on any atom is 0.335 e. The molecule has 2 aromatic carbocycles. The van der Waals surface area contributed by atoms with Crippen LogP contribution < -0.4 is 21.9 Å². The molecule has 1 aliphatic rings. The first-order chi connectivity index (χ1) is 21.5. The van der Waals surface area contributed by atoms with E-state index < -0.39 is 34.4 Å². The number of hydrogen-bond acceptors (Lipinski definition) is 5. The Kier molecular flexibility index (Phi) is 13.2. The van der Waals surface area contributed by atoms with Gasteiger partial charge in [-0.2, -0.15) is 0 Å². The summed E-state index contributed by atoms with van der Waals surface area (Å²) in [6.07, 6.45) is 5.80. The van der Waals surface area contributed by atoms with Gasteiger partial charge in [0.1, 0.15) is 0 Å². The van der Waals surface area contributed by atoms with Crippen molar-refractivity contribution >= 4 is 46.0 Å². The van der Waals surface area contributed by atoms with Crippen molar-refractivity contribution in [3.05, 3.63) is 97.2 Å². The third-order valence-corrected chi connectivity index (χ3v) is 8.57. The number of carbonyl (C=O) groups is 2. The zero-order valence-corrected chi connectivity index (χ0v) is 27.9. The lowest BCUT2D eigenvalue weighted by molar-refractivity contribution is -0.141. The average Bonchev–Trinajstić information content (AvgIpc) is 3.21. The van der Waals surface area contributed by atoms with Crippen molar-refractivity contribution in [2.75, 3.05) is 6.54 Å². The molecule has 1 heterocycles. The molecule has 0 fully saturated rings. The Morgan fingerprint density at radius 1 is 1.09 bits per heavy atom. The van der Waals surface area contributed by atoms with Gasteiger partial charge in [-0.15, -0.1) is 11.6 Å². The van der Waals surface area contributed by atoms with Crippen molar-refractivity contribution in [3.8, 4) is 5.69 Å². The van der Waals surface area contributed by atoms with Crippen molar-refractivity contribution < 1.29 is 14.7 Å². The first-order valence-electron chi connectivity index (χ1n) is 15.3. The van der Waals surface area contributed by atoms with Crippen molar-refractivity contribution in [1.29, 1.82) is 0 Å². The number of fused-ring (bicyclic) bond motifs is 1. The fourth-order valence-corrected chi connectivity index (χ4v) is 5.67. The summed E-state index contributed by atoms with van der Waals surface area (Å²) in [6, 6.07) is 12.4. The van der Waals surface area contributed by atoms with E-state index in [4.69, 9.17) is 23.2 Å². The Morgan fingerprint density at radius 3 is 2.40 bits per heavy atom. The normalized spacial score (nSPS) is 16.0. The van der Waals surface area contributed by atoms with Crippen LogP contribution in [0.15, 0.2) is 74.8 Å². The molecular formula is C34H42Cl2N4O5. The van der Waals surface area contributed by atoms with Crippen molar-refractivity contribution in [2.24, 2.45) is 13.0 Å². The number of carboxylic acids is 1. The first-order valence-corrected chi connectivity index (χ1v) is 16.1. The Bertz CT molecular complexity index is 1690. The third-order valence-electron chi connectivity index (χ3n) is 7.80. The third kappa shape index (κ3) is 8.75. The number of carboxylic acid groups (broad SMARTS) is 1. The Hall–Kier alpha value is -3.66. The molecule has 3 aromatic rings. The van der Waals surface area contributed by atoms with E-state index >= 15 is 0 Å². The maximum absolute atomic E-state index is 13.5. The van der Waals surface area contributed by atoms with Crippen LogP contribution >= 0.6 is 23.2 Å². The topological polar surface area (TPSA) is 122 Å². The summed E-state index contributed by atoms with van der Waals surface area (Å²) in [6.45, 7) is 8.66. The van der Waals surface area contributed by atoms with Crippen LogP contribution in [0.1, 0.15) is 58.1 Å². The fraction of sp³-hybridized carbons (Fsp3) is 0.412. The number of hydrogen-bond donors (Lipinski definition) is 3. The SMILES string of the molecule is CC.CCC(C)NCc1ccc2c(c1)c(=O)n(-c1ccc(CC(CNC(=O)C3=C(Cl)C=CCCC3Cl)C(=O)O)cc1)c(=O)n2C. The van der Waals surface area contributed by atoms with Crippen LogP contribution in [0.4, 0.5) is 0 Å².